The summed E-state index contributed by atoms with van der Waals surface area (Å²) in [5, 5.41) is 0. The van der Waals surface area contributed by atoms with Crippen LogP contribution in [0.25, 0.3) is 0 Å². The van der Waals surface area contributed by atoms with Gasteiger partial charge in [0.2, 0.25) is 0 Å². The molecule has 0 saturated carbocycles. The summed E-state index contributed by atoms with van der Waals surface area (Å²) in [6.07, 6.45) is 2.38. The summed E-state index contributed by atoms with van der Waals surface area (Å²) < 4.78 is 0. The summed E-state index contributed by atoms with van der Waals surface area (Å²) in [4.78, 5) is 4.80. The van der Waals surface area contributed by atoms with Crippen LogP contribution in [-0.2, 0) is 0 Å². The lowest BCUT2D eigenvalue weighted by Crippen LogP contribution is -2.45. The topological polar surface area (TPSA) is 32.5 Å². The fourth-order valence-corrected chi connectivity index (χ4v) is 2.16. The second-order valence-corrected chi connectivity index (χ2v) is 6.49. The van der Waals surface area contributed by atoms with Crippen molar-refractivity contribution in [1.82, 2.24) is 9.80 Å². The number of hydrogen-bond donors (Lipinski definition) is 1. The fourth-order valence-electron chi connectivity index (χ4n) is 2.16. The Bertz CT molecular complexity index is 184. The van der Waals surface area contributed by atoms with E-state index in [0.717, 1.165) is 26.2 Å². The Morgan fingerprint density at radius 1 is 1.06 bits per heavy atom. The van der Waals surface area contributed by atoms with Crippen molar-refractivity contribution in [3.05, 3.63) is 0 Å². The average Bonchev–Trinajstić information content (AvgIpc) is 2.19. The minimum atomic E-state index is 0.355. The van der Waals surface area contributed by atoms with Crippen LogP contribution < -0.4 is 5.73 Å². The van der Waals surface area contributed by atoms with Crippen molar-refractivity contribution in [3.8, 4) is 0 Å². The molecule has 0 aliphatic carbocycles. The predicted molar refractivity (Wildman–Crippen MR) is 77.3 cm³/mol. The third kappa shape index (κ3) is 8.58. The van der Waals surface area contributed by atoms with Crippen LogP contribution in [0, 0.1) is 5.41 Å². The van der Waals surface area contributed by atoms with Crippen molar-refractivity contribution < 1.29 is 0 Å². The van der Waals surface area contributed by atoms with Crippen LogP contribution in [0.4, 0.5) is 0 Å². The van der Waals surface area contributed by atoms with E-state index in [-0.39, 0.29) is 0 Å². The van der Waals surface area contributed by atoms with Gasteiger partial charge in [-0.15, -0.1) is 0 Å². The van der Waals surface area contributed by atoms with E-state index in [9.17, 15) is 0 Å². The molecule has 3 heteroatoms. The summed E-state index contributed by atoms with van der Waals surface area (Å²) in [7, 11) is 4.26. The number of hydrogen-bond acceptors (Lipinski definition) is 3. The highest BCUT2D eigenvalue weighted by Gasteiger charge is 2.22. The second-order valence-electron chi connectivity index (χ2n) is 6.49. The zero-order chi connectivity index (χ0) is 13.5. The minimum absolute atomic E-state index is 0.355. The van der Waals surface area contributed by atoms with Crippen molar-refractivity contribution in [3.63, 3.8) is 0 Å². The Morgan fingerprint density at radius 2 is 1.65 bits per heavy atom. The molecule has 0 aromatic rings. The lowest BCUT2D eigenvalue weighted by atomic mass is 9.87. The molecular formula is C14H33N3. The molecule has 0 aliphatic rings. The van der Waals surface area contributed by atoms with Gasteiger partial charge in [0, 0.05) is 25.7 Å². The van der Waals surface area contributed by atoms with E-state index in [1.807, 2.05) is 0 Å². The summed E-state index contributed by atoms with van der Waals surface area (Å²) >= 11 is 0. The average molecular weight is 243 g/mol. The maximum atomic E-state index is 5.96. The molecule has 1 unspecified atom stereocenters. The van der Waals surface area contributed by atoms with Crippen LogP contribution >= 0.6 is 0 Å². The Hall–Kier alpha value is -0.120. The molecular weight excluding hydrogens is 210 g/mol. The molecule has 0 radical (unpaired) electrons. The molecule has 3 nitrogen and oxygen atoms in total. The standard InChI is InChI=1S/C14H33N3/c1-7-8-17(10-9-16(5)6)13(12-15)11-14(2,3)4/h13H,7-12,15H2,1-6H3. The number of likely N-dealkylation sites (N-methyl/N-ethyl adjacent to an activating group) is 1. The van der Waals surface area contributed by atoms with Crippen LogP contribution in [0.2, 0.25) is 0 Å². The summed E-state index contributed by atoms with van der Waals surface area (Å²) in [6.45, 7) is 13.3. The Morgan fingerprint density at radius 3 is 2.00 bits per heavy atom. The SMILES string of the molecule is CCCN(CCN(C)C)C(CN)CC(C)(C)C. The highest BCUT2D eigenvalue weighted by atomic mass is 15.2. The molecule has 104 valence electrons. The first kappa shape index (κ1) is 16.9. The van der Waals surface area contributed by atoms with Crippen LogP contribution in [0.3, 0.4) is 0 Å². The van der Waals surface area contributed by atoms with E-state index in [4.69, 9.17) is 5.73 Å². The van der Waals surface area contributed by atoms with Gasteiger partial charge in [0.05, 0.1) is 0 Å². The second kappa shape index (κ2) is 8.06. The summed E-state index contributed by atoms with van der Waals surface area (Å²) in [5.41, 5.74) is 6.32. The molecule has 0 saturated heterocycles. The molecule has 1 atom stereocenters. The molecule has 0 fully saturated rings. The third-order valence-electron chi connectivity index (χ3n) is 2.98. The Kier molecular flexibility index (Phi) is 8.01. The fraction of sp³-hybridized carbons (Fsp3) is 1.00. The van der Waals surface area contributed by atoms with Gasteiger partial charge in [0.1, 0.15) is 0 Å². The molecule has 0 aromatic heterocycles. The maximum absolute atomic E-state index is 5.96. The first-order chi connectivity index (χ1) is 7.80. The number of nitrogens with zero attached hydrogens (tertiary/aromatic N) is 2. The van der Waals surface area contributed by atoms with Gasteiger partial charge >= 0.3 is 0 Å². The molecule has 0 bridgehead atoms. The van der Waals surface area contributed by atoms with Gasteiger partial charge in [-0.05, 0) is 38.9 Å². The molecule has 2 N–H and O–H groups in total. The van der Waals surface area contributed by atoms with E-state index >= 15 is 0 Å². The lowest BCUT2D eigenvalue weighted by Gasteiger charge is -2.35. The molecule has 0 spiro atoms. The van der Waals surface area contributed by atoms with Crippen LogP contribution in [0.5, 0.6) is 0 Å². The minimum Gasteiger partial charge on any atom is -0.329 e. The van der Waals surface area contributed by atoms with Crippen LogP contribution in [-0.4, -0.2) is 56.1 Å². The van der Waals surface area contributed by atoms with Crippen molar-refractivity contribution >= 4 is 0 Å². The van der Waals surface area contributed by atoms with E-state index < -0.39 is 0 Å². The molecule has 0 aromatic carbocycles. The van der Waals surface area contributed by atoms with Gasteiger partial charge in [0.25, 0.3) is 0 Å². The normalized spacial score (nSPS) is 14.6. The van der Waals surface area contributed by atoms with Gasteiger partial charge in [-0.1, -0.05) is 27.7 Å². The van der Waals surface area contributed by atoms with E-state index in [2.05, 4.69) is 51.6 Å². The first-order valence-corrected chi connectivity index (χ1v) is 6.89. The van der Waals surface area contributed by atoms with Gasteiger partial charge < -0.3 is 10.6 Å². The van der Waals surface area contributed by atoms with E-state index in [0.29, 0.717) is 11.5 Å². The molecule has 0 aliphatic heterocycles. The number of nitrogens with two attached hydrogens (primary N) is 1. The van der Waals surface area contributed by atoms with Crippen molar-refractivity contribution in [2.75, 3.05) is 40.3 Å². The Labute approximate surface area is 108 Å². The molecule has 0 heterocycles. The largest absolute Gasteiger partial charge is 0.329 e. The van der Waals surface area contributed by atoms with E-state index in [1.54, 1.807) is 0 Å². The smallest absolute Gasteiger partial charge is 0.0223 e. The quantitative estimate of drug-likeness (QED) is 0.708. The van der Waals surface area contributed by atoms with Crippen molar-refractivity contribution in [2.45, 2.75) is 46.6 Å². The van der Waals surface area contributed by atoms with Gasteiger partial charge in [-0.25, -0.2) is 0 Å². The van der Waals surface area contributed by atoms with Crippen LogP contribution in [0.1, 0.15) is 40.5 Å². The van der Waals surface area contributed by atoms with Gasteiger partial charge in [-0.3, -0.25) is 4.90 Å². The molecule has 17 heavy (non-hydrogen) atoms. The predicted octanol–water partition coefficient (Wildman–Crippen LogP) is 2.02. The molecule has 0 rings (SSSR count). The maximum Gasteiger partial charge on any atom is 0.0223 e. The monoisotopic (exact) mass is 243 g/mol. The zero-order valence-electron chi connectivity index (χ0n) is 12.8. The van der Waals surface area contributed by atoms with Gasteiger partial charge in [-0.2, -0.15) is 0 Å². The van der Waals surface area contributed by atoms with Crippen LogP contribution in [0.15, 0.2) is 0 Å². The van der Waals surface area contributed by atoms with E-state index in [1.165, 1.54) is 12.8 Å². The highest BCUT2D eigenvalue weighted by molar-refractivity contribution is 4.78. The Balaban J connectivity index is 4.40. The van der Waals surface area contributed by atoms with Gasteiger partial charge in [0.15, 0.2) is 0 Å². The van der Waals surface area contributed by atoms with Crippen molar-refractivity contribution in [1.29, 1.82) is 0 Å². The van der Waals surface area contributed by atoms with Crippen molar-refractivity contribution in [2.24, 2.45) is 11.1 Å². The third-order valence-corrected chi connectivity index (χ3v) is 2.98. The molecule has 0 amide bonds. The highest BCUT2D eigenvalue weighted by Crippen LogP contribution is 2.23. The number of rotatable bonds is 8. The summed E-state index contributed by atoms with van der Waals surface area (Å²) in [6, 6.07) is 0.523. The zero-order valence-corrected chi connectivity index (χ0v) is 12.8. The summed E-state index contributed by atoms with van der Waals surface area (Å²) in [5.74, 6) is 0. The lowest BCUT2D eigenvalue weighted by molar-refractivity contribution is 0.141. The first-order valence-electron chi connectivity index (χ1n) is 6.89.